The van der Waals surface area contributed by atoms with Gasteiger partial charge in [-0.2, -0.15) is 18.4 Å². The Morgan fingerprint density at radius 1 is 1.15 bits per heavy atom. The number of halogens is 3. The zero-order valence-corrected chi connectivity index (χ0v) is 17.7. The van der Waals surface area contributed by atoms with Crippen LogP contribution in [0.3, 0.4) is 0 Å². The van der Waals surface area contributed by atoms with Crippen molar-refractivity contribution >= 4 is 28.2 Å². The molecular weight excluding hydrogens is 453 g/mol. The Morgan fingerprint density at radius 3 is 2.38 bits per heavy atom. The number of aliphatic carboxylic acids is 1. The fraction of sp³-hybridized carbons (Fsp3) is 0.261. The second kappa shape index (κ2) is 10.2. The third kappa shape index (κ3) is 5.40. The molecule has 3 aromatic rings. The van der Waals surface area contributed by atoms with E-state index in [-0.39, 0.29) is 10.6 Å². The van der Waals surface area contributed by atoms with Gasteiger partial charge in [0.25, 0.3) is 5.69 Å². The molecule has 8 nitrogen and oxygen atoms in total. The van der Waals surface area contributed by atoms with Gasteiger partial charge in [-0.05, 0) is 48.6 Å². The average molecular weight is 472 g/mol. The molecule has 1 aliphatic rings. The highest BCUT2D eigenvalue weighted by Gasteiger charge is 2.38. The van der Waals surface area contributed by atoms with Crippen molar-refractivity contribution in [3.8, 4) is 6.07 Å². The molecule has 4 rings (SSSR count). The van der Waals surface area contributed by atoms with Crippen molar-refractivity contribution in [3.05, 3.63) is 76.0 Å². The quantitative estimate of drug-likeness (QED) is 0.419. The topological polar surface area (TPSA) is 120 Å². The van der Waals surface area contributed by atoms with Gasteiger partial charge in [-0.15, -0.1) is 0 Å². The Kier molecular flexibility index (Phi) is 7.31. The van der Waals surface area contributed by atoms with E-state index >= 15 is 0 Å². The Hall–Kier alpha value is -4.20. The Balaban J connectivity index is 0.000000406. The number of rotatable bonds is 3. The highest BCUT2D eigenvalue weighted by atomic mass is 19.4. The van der Waals surface area contributed by atoms with Crippen LogP contribution >= 0.6 is 0 Å². The molecule has 11 heteroatoms. The first-order chi connectivity index (χ1) is 16.1. The average Bonchev–Trinajstić information content (AvgIpc) is 2.83. The van der Waals surface area contributed by atoms with E-state index in [2.05, 4.69) is 16.0 Å². The summed E-state index contributed by atoms with van der Waals surface area (Å²) in [7, 11) is 0. The van der Waals surface area contributed by atoms with E-state index < -0.39 is 12.1 Å². The first-order valence-electron chi connectivity index (χ1n) is 10.2. The van der Waals surface area contributed by atoms with Gasteiger partial charge in [-0.25, -0.2) is 4.79 Å². The van der Waals surface area contributed by atoms with Gasteiger partial charge in [0.1, 0.15) is 5.52 Å². The number of hydrogen-bond acceptors (Lipinski definition) is 6. The van der Waals surface area contributed by atoms with Gasteiger partial charge < -0.3 is 10.0 Å². The summed E-state index contributed by atoms with van der Waals surface area (Å²) in [5, 5.41) is 28.3. The van der Waals surface area contributed by atoms with Gasteiger partial charge in [-0.1, -0.05) is 18.2 Å². The summed E-state index contributed by atoms with van der Waals surface area (Å²) in [5.74, 6) is -2.40. The zero-order valence-electron chi connectivity index (χ0n) is 17.7. The second-order valence-corrected chi connectivity index (χ2v) is 7.52. The summed E-state index contributed by atoms with van der Waals surface area (Å²) in [6.45, 7) is 1.65. The first kappa shape index (κ1) is 24.4. The van der Waals surface area contributed by atoms with Crippen LogP contribution < -0.4 is 4.90 Å². The van der Waals surface area contributed by atoms with Crippen molar-refractivity contribution in [2.24, 2.45) is 0 Å². The van der Waals surface area contributed by atoms with Crippen LogP contribution in [0.5, 0.6) is 0 Å². The third-order valence-electron chi connectivity index (χ3n) is 5.52. The number of pyridine rings is 1. The number of nitro groups is 1. The van der Waals surface area contributed by atoms with E-state index in [4.69, 9.17) is 9.90 Å². The summed E-state index contributed by atoms with van der Waals surface area (Å²) < 4.78 is 31.7. The van der Waals surface area contributed by atoms with Crippen LogP contribution in [0.1, 0.15) is 29.9 Å². The van der Waals surface area contributed by atoms with E-state index in [1.165, 1.54) is 0 Å². The molecule has 0 radical (unpaired) electrons. The normalized spacial score (nSPS) is 14.1. The fourth-order valence-electron chi connectivity index (χ4n) is 3.94. The lowest BCUT2D eigenvalue weighted by atomic mass is 9.86. The fourth-order valence-corrected chi connectivity index (χ4v) is 3.94. The number of non-ortho nitro benzene ring substituents is 1. The highest BCUT2D eigenvalue weighted by Crippen LogP contribution is 2.36. The predicted molar refractivity (Wildman–Crippen MR) is 117 cm³/mol. The van der Waals surface area contributed by atoms with E-state index in [0.29, 0.717) is 16.8 Å². The van der Waals surface area contributed by atoms with Gasteiger partial charge in [0, 0.05) is 25.4 Å². The molecule has 2 aromatic carbocycles. The van der Waals surface area contributed by atoms with E-state index in [9.17, 15) is 28.5 Å². The highest BCUT2D eigenvalue weighted by molar-refractivity contribution is 5.97. The molecule has 0 amide bonds. The lowest BCUT2D eigenvalue weighted by molar-refractivity contribution is -0.383. The number of carboxylic acids is 1. The van der Waals surface area contributed by atoms with Gasteiger partial charge in [0.2, 0.25) is 0 Å². The molecule has 176 valence electrons. The van der Waals surface area contributed by atoms with Crippen LogP contribution in [0, 0.1) is 21.4 Å². The summed E-state index contributed by atoms with van der Waals surface area (Å²) in [6, 6.07) is 16.9. The van der Waals surface area contributed by atoms with Crippen molar-refractivity contribution in [2.45, 2.75) is 24.9 Å². The summed E-state index contributed by atoms with van der Waals surface area (Å²) in [6.07, 6.45) is -1.54. The molecule has 0 saturated carbocycles. The molecular formula is C23H19F3N4O4. The Morgan fingerprint density at radius 2 is 1.79 bits per heavy atom. The number of nitro benzene ring substituents is 1. The van der Waals surface area contributed by atoms with Crippen LogP contribution in [0.2, 0.25) is 0 Å². The van der Waals surface area contributed by atoms with Crippen LogP contribution in [0.4, 0.5) is 24.5 Å². The number of alkyl halides is 3. The molecule has 0 atom stereocenters. The molecule has 0 bridgehead atoms. The minimum atomic E-state index is -5.08. The van der Waals surface area contributed by atoms with Crippen LogP contribution in [0.25, 0.3) is 10.9 Å². The first-order valence-corrected chi connectivity index (χ1v) is 10.2. The number of carboxylic acid groups (broad SMARTS) is 1. The number of hydrogen-bond donors (Lipinski definition) is 1. The van der Waals surface area contributed by atoms with Gasteiger partial charge in [0.15, 0.2) is 0 Å². The number of nitrogens with zero attached hydrogens (tertiary/aromatic N) is 4. The molecule has 34 heavy (non-hydrogen) atoms. The molecule has 2 heterocycles. The van der Waals surface area contributed by atoms with Crippen molar-refractivity contribution in [1.82, 2.24) is 4.98 Å². The summed E-state index contributed by atoms with van der Waals surface area (Å²) in [5.41, 5.74) is 3.55. The lowest BCUT2D eigenvalue weighted by Crippen LogP contribution is -2.33. The second-order valence-electron chi connectivity index (χ2n) is 7.52. The Bertz CT molecular complexity index is 1250. The Labute approximate surface area is 192 Å². The standard InChI is InChI=1S/C21H18N4O2.C2HF3O2/c22-14-16-4-1-2-5-17(16)15-9-12-24(13-10-15)20-8-7-19(25(26)27)18-6-3-11-23-21(18)20;3-2(4,5)1(6)7/h1-8,11,15H,9-10,12-13H2;(H,6,7). The number of piperidine rings is 1. The van der Waals surface area contributed by atoms with E-state index in [0.717, 1.165) is 42.7 Å². The molecule has 1 aliphatic heterocycles. The van der Waals surface area contributed by atoms with Gasteiger partial charge in [-0.3, -0.25) is 15.1 Å². The van der Waals surface area contributed by atoms with Crippen molar-refractivity contribution in [3.63, 3.8) is 0 Å². The zero-order chi connectivity index (χ0) is 24.9. The van der Waals surface area contributed by atoms with E-state index in [1.54, 1.807) is 30.5 Å². The van der Waals surface area contributed by atoms with Crippen LogP contribution in [-0.2, 0) is 4.79 Å². The molecule has 0 unspecified atom stereocenters. The lowest BCUT2D eigenvalue weighted by Gasteiger charge is -2.34. The molecule has 0 aliphatic carbocycles. The maximum atomic E-state index is 11.3. The minimum absolute atomic E-state index is 0.0830. The molecule has 0 spiro atoms. The predicted octanol–water partition coefficient (Wildman–Crippen LogP) is 5.03. The number of benzene rings is 2. The number of carbonyl (C=O) groups is 1. The number of anilines is 1. The smallest absolute Gasteiger partial charge is 0.475 e. The maximum absolute atomic E-state index is 11.3. The summed E-state index contributed by atoms with van der Waals surface area (Å²) >= 11 is 0. The van der Waals surface area contributed by atoms with Crippen LogP contribution in [0.15, 0.2) is 54.7 Å². The van der Waals surface area contributed by atoms with Crippen LogP contribution in [-0.4, -0.2) is 40.2 Å². The maximum Gasteiger partial charge on any atom is 0.490 e. The summed E-state index contributed by atoms with van der Waals surface area (Å²) in [4.78, 5) is 26.5. The molecule has 1 aromatic heterocycles. The van der Waals surface area contributed by atoms with Crippen molar-refractivity contribution in [1.29, 1.82) is 5.26 Å². The van der Waals surface area contributed by atoms with E-state index in [1.807, 2.05) is 24.3 Å². The minimum Gasteiger partial charge on any atom is -0.475 e. The number of aromatic nitrogens is 1. The molecule has 1 fully saturated rings. The third-order valence-corrected chi connectivity index (χ3v) is 5.52. The monoisotopic (exact) mass is 472 g/mol. The number of nitriles is 1. The largest absolute Gasteiger partial charge is 0.490 e. The van der Waals surface area contributed by atoms with Crippen molar-refractivity contribution in [2.75, 3.05) is 18.0 Å². The van der Waals surface area contributed by atoms with Gasteiger partial charge in [0.05, 0.1) is 27.6 Å². The SMILES string of the molecule is N#Cc1ccccc1C1CCN(c2ccc([N+](=O)[O-])c3cccnc23)CC1.O=C(O)C(F)(F)F. The molecule has 1 N–H and O–H groups in total. The van der Waals surface area contributed by atoms with Gasteiger partial charge >= 0.3 is 12.1 Å². The molecule has 1 saturated heterocycles. The number of fused-ring (bicyclic) bond motifs is 1. The van der Waals surface area contributed by atoms with Crippen molar-refractivity contribution < 1.29 is 28.0 Å².